The zero-order chi connectivity index (χ0) is 15.2. The van der Waals surface area contributed by atoms with Gasteiger partial charge in [-0.2, -0.15) is 0 Å². The lowest BCUT2D eigenvalue weighted by atomic mass is 9.90. The zero-order valence-electron chi connectivity index (χ0n) is 12.7. The first-order chi connectivity index (χ1) is 9.27. The van der Waals surface area contributed by atoms with Crippen molar-refractivity contribution in [3.05, 3.63) is 35.9 Å². The topological polar surface area (TPSA) is 58.6 Å². The monoisotopic (exact) mass is 279 g/mol. The van der Waals surface area contributed by atoms with Crippen LogP contribution in [0.5, 0.6) is 0 Å². The Bertz CT molecular complexity index is 413. The number of nitrogens with one attached hydrogen (secondary N) is 1. The average molecular weight is 279 g/mol. The van der Waals surface area contributed by atoms with E-state index in [0.29, 0.717) is 13.0 Å². The van der Waals surface area contributed by atoms with Gasteiger partial charge < -0.3 is 15.2 Å². The van der Waals surface area contributed by atoms with Crippen LogP contribution in [0.4, 0.5) is 0 Å². The van der Waals surface area contributed by atoms with E-state index in [2.05, 4.69) is 29.1 Å². The van der Waals surface area contributed by atoms with Crippen LogP contribution in [0.1, 0.15) is 39.7 Å². The Morgan fingerprint density at radius 2 is 1.95 bits per heavy atom. The van der Waals surface area contributed by atoms with Crippen molar-refractivity contribution in [3.8, 4) is 0 Å². The Morgan fingerprint density at radius 3 is 2.30 bits per heavy atom. The van der Waals surface area contributed by atoms with E-state index in [4.69, 9.17) is 0 Å². The molecule has 0 bridgehead atoms. The summed E-state index contributed by atoms with van der Waals surface area (Å²) in [5, 5.41) is 12.8. The lowest BCUT2D eigenvalue weighted by molar-refractivity contribution is -0.138. The largest absolute Gasteiger partial charge is 0.462 e. The SMILES string of the molecule is CC(C)(C)OC=O.CC1(c2ccccc2)CC(O)CN1. The molecule has 0 saturated carbocycles. The highest BCUT2D eigenvalue weighted by atomic mass is 16.5. The van der Waals surface area contributed by atoms with Gasteiger partial charge in [0, 0.05) is 12.1 Å². The molecule has 4 heteroatoms. The quantitative estimate of drug-likeness (QED) is 0.815. The predicted octanol–water partition coefficient (Wildman–Crippen LogP) is 2.21. The number of aliphatic hydroxyl groups is 1. The molecular formula is C16H25NO3. The fourth-order valence-electron chi connectivity index (χ4n) is 2.13. The van der Waals surface area contributed by atoms with Gasteiger partial charge >= 0.3 is 0 Å². The molecular weight excluding hydrogens is 254 g/mol. The van der Waals surface area contributed by atoms with Crippen LogP contribution in [0.15, 0.2) is 30.3 Å². The number of carbonyl (C=O) groups excluding carboxylic acids is 1. The molecule has 1 aromatic rings. The molecule has 0 radical (unpaired) electrons. The van der Waals surface area contributed by atoms with Crippen molar-refractivity contribution in [1.82, 2.24) is 5.32 Å². The number of β-amino-alcohol motifs (C(OH)–C–C–N with tert-alkyl or cyclic N) is 1. The molecule has 1 heterocycles. The molecule has 2 unspecified atom stereocenters. The van der Waals surface area contributed by atoms with Crippen molar-refractivity contribution in [3.63, 3.8) is 0 Å². The van der Waals surface area contributed by atoms with Gasteiger partial charge in [0.25, 0.3) is 6.47 Å². The van der Waals surface area contributed by atoms with Crippen LogP contribution >= 0.6 is 0 Å². The molecule has 20 heavy (non-hydrogen) atoms. The first-order valence-electron chi connectivity index (χ1n) is 6.87. The second-order valence-electron chi connectivity index (χ2n) is 6.26. The van der Waals surface area contributed by atoms with Crippen molar-refractivity contribution in [2.45, 2.75) is 51.4 Å². The normalized spacial score (nSPS) is 25.6. The van der Waals surface area contributed by atoms with Crippen LogP contribution < -0.4 is 5.32 Å². The van der Waals surface area contributed by atoms with E-state index in [9.17, 15) is 9.90 Å². The molecule has 2 N–H and O–H groups in total. The lowest BCUT2D eigenvalue weighted by Gasteiger charge is -2.24. The Balaban J connectivity index is 0.000000246. The first-order valence-corrected chi connectivity index (χ1v) is 6.87. The van der Waals surface area contributed by atoms with Crippen molar-refractivity contribution in [1.29, 1.82) is 0 Å². The van der Waals surface area contributed by atoms with Gasteiger partial charge in [-0.25, -0.2) is 0 Å². The highest BCUT2D eigenvalue weighted by Gasteiger charge is 2.34. The van der Waals surface area contributed by atoms with Crippen molar-refractivity contribution >= 4 is 6.47 Å². The van der Waals surface area contributed by atoms with E-state index < -0.39 is 0 Å². The van der Waals surface area contributed by atoms with E-state index in [1.165, 1.54) is 5.56 Å². The van der Waals surface area contributed by atoms with Crippen LogP contribution in [0.3, 0.4) is 0 Å². The Hall–Kier alpha value is -1.39. The number of ether oxygens (including phenoxy) is 1. The van der Waals surface area contributed by atoms with Crippen LogP contribution in [0.2, 0.25) is 0 Å². The molecule has 2 rings (SSSR count). The number of hydrogen-bond donors (Lipinski definition) is 2. The Kier molecular flexibility index (Phi) is 5.72. The Morgan fingerprint density at radius 1 is 1.35 bits per heavy atom. The van der Waals surface area contributed by atoms with Gasteiger partial charge in [0.1, 0.15) is 5.60 Å². The molecule has 4 nitrogen and oxygen atoms in total. The van der Waals surface area contributed by atoms with Crippen LogP contribution in [-0.2, 0) is 15.1 Å². The highest BCUT2D eigenvalue weighted by Crippen LogP contribution is 2.29. The zero-order valence-corrected chi connectivity index (χ0v) is 12.7. The fraction of sp³-hybridized carbons (Fsp3) is 0.562. The average Bonchev–Trinajstić information content (AvgIpc) is 2.71. The predicted molar refractivity (Wildman–Crippen MR) is 79.3 cm³/mol. The third-order valence-electron chi connectivity index (χ3n) is 3.18. The number of rotatable bonds is 2. The molecule has 0 aromatic heterocycles. The maximum absolute atomic E-state index is 9.60. The summed E-state index contributed by atoms with van der Waals surface area (Å²) in [6.07, 6.45) is 0.599. The maximum atomic E-state index is 9.60. The van der Waals surface area contributed by atoms with E-state index in [1.54, 1.807) is 0 Å². The van der Waals surface area contributed by atoms with E-state index >= 15 is 0 Å². The van der Waals surface area contributed by atoms with E-state index in [-0.39, 0.29) is 17.2 Å². The van der Waals surface area contributed by atoms with Crippen LogP contribution in [-0.4, -0.2) is 29.8 Å². The lowest BCUT2D eigenvalue weighted by Crippen LogP contribution is -2.32. The summed E-state index contributed by atoms with van der Waals surface area (Å²) in [6.45, 7) is 8.76. The summed E-state index contributed by atoms with van der Waals surface area (Å²) < 4.78 is 4.55. The second kappa shape index (κ2) is 6.86. The molecule has 0 aliphatic carbocycles. The van der Waals surface area contributed by atoms with Gasteiger partial charge in [-0.05, 0) is 39.7 Å². The molecule has 0 spiro atoms. The van der Waals surface area contributed by atoms with Crippen molar-refractivity contribution in [2.24, 2.45) is 0 Å². The number of carbonyl (C=O) groups is 1. The minimum atomic E-state index is -0.318. The van der Waals surface area contributed by atoms with E-state index in [1.807, 2.05) is 39.0 Å². The summed E-state index contributed by atoms with van der Waals surface area (Å²) in [6, 6.07) is 10.3. The highest BCUT2D eigenvalue weighted by molar-refractivity contribution is 5.37. The molecule has 1 aliphatic rings. The minimum Gasteiger partial charge on any atom is -0.462 e. The van der Waals surface area contributed by atoms with Crippen LogP contribution in [0, 0.1) is 0 Å². The maximum Gasteiger partial charge on any atom is 0.293 e. The number of hydrogen-bond acceptors (Lipinski definition) is 4. The summed E-state index contributed by atoms with van der Waals surface area (Å²) in [5.74, 6) is 0. The fourth-order valence-corrected chi connectivity index (χ4v) is 2.13. The van der Waals surface area contributed by atoms with Crippen LogP contribution in [0.25, 0.3) is 0 Å². The molecule has 112 valence electrons. The standard InChI is InChI=1S/C11H15NO.C5H10O2/c1-11(7-10(13)8-12-11)9-5-3-2-4-6-9;1-5(2,3)7-4-6/h2-6,10,12-13H,7-8H2,1H3;4H,1-3H3. The second-order valence-corrected chi connectivity index (χ2v) is 6.26. The van der Waals surface area contributed by atoms with Gasteiger partial charge in [0.15, 0.2) is 0 Å². The molecule has 0 amide bonds. The summed E-state index contributed by atoms with van der Waals surface area (Å²) in [7, 11) is 0. The number of benzene rings is 1. The van der Waals surface area contributed by atoms with Crippen molar-refractivity contribution < 1.29 is 14.6 Å². The first kappa shape index (κ1) is 16.7. The summed E-state index contributed by atoms with van der Waals surface area (Å²) in [4.78, 5) is 9.60. The summed E-state index contributed by atoms with van der Waals surface area (Å²) >= 11 is 0. The molecule has 1 aromatic carbocycles. The smallest absolute Gasteiger partial charge is 0.293 e. The molecule has 1 aliphatic heterocycles. The third-order valence-corrected chi connectivity index (χ3v) is 3.18. The van der Waals surface area contributed by atoms with Gasteiger partial charge in [-0.15, -0.1) is 0 Å². The van der Waals surface area contributed by atoms with Gasteiger partial charge in [-0.3, -0.25) is 4.79 Å². The minimum absolute atomic E-state index is 0.0410. The summed E-state index contributed by atoms with van der Waals surface area (Å²) in [5.41, 5.74) is 0.897. The molecule has 1 saturated heterocycles. The van der Waals surface area contributed by atoms with Gasteiger partial charge in [0.05, 0.1) is 6.10 Å². The van der Waals surface area contributed by atoms with Gasteiger partial charge in [0.2, 0.25) is 0 Å². The van der Waals surface area contributed by atoms with E-state index in [0.717, 1.165) is 6.42 Å². The number of aliphatic hydroxyl groups excluding tert-OH is 1. The molecule has 2 atom stereocenters. The third kappa shape index (κ3) is 5.31. The molecule has 1 fully saturated rings. The Labute approximate surface area is 121 Å². The van der Waals surface area contributed by atoms with Gasteiger partial charge in [-0.1, -0.05) is 30.3 Å². The van der Waals surface area contributed by atoms with Crippen molar-refractivity contribution in [2.75, 3.05) is 6.54 Å².